The van der Waals surface area contributed by atoms with E-state index in [4.69, 9.17) is 11.6 Å². The number of amides is 2. The maximum absolute atomic E-state index is 12.5. The van der Waals surface area contributed by atoms with Crippen molar-refractivity contribution >= 4 is 45.1 Å². The lowest BCUT2D eigenvalue weighted by Gasteiger charge is -2.16. The normalized spacial score (nSPS) is 13.4. The first-order chi connectivity index (χ1) is 13.2. The predicted octanol–water partition coefficient (Wildman–Crippen LogP) is 2.16. The van der Waals surface area contributed by atoms with Gasteiger partial charge in [0.05, 0.1) is 35.2 Å². The van der Waals surface area contributed by atoms with Gasteiger partial charge in [0.25, 0.3) is 11.8 Å². The summed E-state index contributed by atoms with van der Waals surface area (Å²) in [7, 11) is -2.84. The van der Waals surface area contributed by atoms with E-state index in [1.54, 1.807) is 12.1 Å². The molecule has 0 aliphatic carbocycles. The molecule has 2 aromatic carbocycles. The van der Waals surface area contributed by atoms with Crippen LogP contribution in [0.15, 0.2) is 42.5 Å². The van der Waals surface area contributed by atoms with Crippen LogP contribution in [0.4, 0.5) is 5.69 Å². The number of methoxy groups -OCH3 is 1. The third-order valence-corrected chi connectivity index (χ3v) is 5.60. The number of benzene rings is 2. The summed E-state index contributed by atoms with van der Waals surface area (Å²) in [4.78, 5) is 37.3. The lowest BCUT2D eigenvalue weighted by molar-refractivity contribution is 0.0600. The summed E-state index contributed by atoms with van der Waals surface area (Å²) in [6.07, 6.45) is 0. The van der Waals surface area contributed by atoms with Gasteiger partial charge in [-0.15, -0.1) is 0 Å². The minimum absolute atomic E-state index is 0.0174. The smallest absolute Gasteiger partial charge is 0.339 e. The summed E-state index contributed by atoms with van der Waals surface area (Å²) in [5, 5.41) is 0.214. The first kappa shape index (κ1) is 19.8. The maximum Gasteiger partial charge on any atom is 0.339 e. The summed E-state index contributed by atoms with van der Waals surface area (Å²) in [5.74, 6) is -2.39. The number of rotatable bonds is 6. The molecule has 0 unspecified atom stereocenters. The zero-order chi connectivity index (χ0) is 20.5. The first-order valence-electron chi connectivity index (χ1n) is 8.07. The molecule has 0 saturated heterocycles. The number of imide groups is 1. The van der Waals surface area contributed by atoms with Crippen molar-refractivity contribution in [3.8, 4) is 0 Å². The number of carbonyl (C=O) groups excluding carboxylic acids is 3. The summed E-state index contributed by atoms with van der Waals surface area (Å²) in [5.41, 5.74) is 0.402. The number of anilines is 1. The van der Waals surface area contributed by atoms with E-state index < -0.39 is 33.6 Å². The third-order valence-electron chi connectivity index (χ3n) is 4.11. The van der Waals surface area contributed by atoms with Crippen molar-refractivity contribution in [2.45, 2.75) is 0 Å². The van der Waals surface area contributed by atoms with E-state index in [1.165, 1.54) is 30.3 Å². The lowest BCUT2D eigenvalue weighted by atomic mass is 10.1. The highest BCUT2D eigenvalue weighted by atomic mass is 35.5. The molecular formula is C18H15ClN2O6S. The number of hydrogen-bond donors (Lipinski definition) is 1. The van der Waals surface area contributed by atoms with Crippen molar-refractivity contribution in [3.05, 3.63) is 64.2 Å². The first-order valence-corrected chi connectivity index (χ1v) is 10.1. The molecule has 8 nitrogen and oxygen atoms in total. The molecule has 1 N–H and O–H groups in total. The average molecular weight is 423 g/mol. The van der Waals surface area contributed by atoms with Crippen molar-refractivity contribution in [1.29, 1.82) is 0 Å². The van der Waals surface area contributed by atoms with Crippen LogP contribution < -0.4 is 4.72 Å². The lowest BCUT2D eigenvalue weighted by Crippen LogP contribution is -2.35. The third kappa shape index (κ3) is 3.85. The fraction of sp³-hybridized carbons (Fsp3) is 0.167. The Balaban J connectivity index is 1.76. The van der Waals surface area contributed by atoms with Gasteiger partial charge in [-0.2, -0.15) is 0 Å². The monoisotopic (exact) mass is 422 g/mol. The molecule has 0 atom stereocenters. The van der Waals surface area contributed by atoms with Gasteiger partial charge in [-0.05, 0) is 30.3 Å². The molecule has 1 aliphatic rings. The number of fused-ring (bicyclic) bond motifs is 1. The molecule has 0 aromatic heterocycles. The van der Waals surface area contributed by atoms with Gasteiger partial charge in [-0.25, -0.2) is 13.2 Å². The van der Waals surface area contributed by atoms with E-state index in [2.05, 4.69) is 9.46 Å². The Bertz CT molecular complexity index is 1050. The fourth-order valence-electron chi connectivity index (χ4n) is 2.76. The topological polar surface area (TPSA) is 110 Å². The molecule has 1 heterocycles. The van der Waals surface area contributed by atoms with Gasteiger partial charge >= 0.3 is 5.97 Å². The van der Waals surface area contributed by atoms with Crippen molar-refractivity contribution in [3.63, 3.8) is 0 Å². The molecule has 146 valence electrons. The number of halogens is 1. The quantitative estimate of drug-likeness (QED) is 0.564. The van der Waals surface area contributed by atoms with Crippen LogP contribution in [0.25, 0.3) is 0 Å². The highest BCUT2D eigenvalue weighted by Gasteiger charge is 2.35. The maximum atomic E-state index is 12.5. The standard InChI is InChI=1S/C18H15ClN2O6S/c1-27-18(24)14-7-6-11(19)10-15(14)20-28(25,26)9-8-21-16(22)12-4-2-3-5-13(12)17(21)23/h2-7,10,20H,8-9H2,1H3. The van der Waals surface area contributed by atoms with E-state index in [0.29, 0.717) is 0 Å². The second kappa shape index (κ2) is 7.61. The van der Waals surface area contributed by atoms with Crippen LogP contribution in [0.5, 0.6) is 0 Å². The van der Waals surface area contributed by atoms with Crippen molar-refractivity contribution in [2.24, 2.45) is 0 Å². The zero-order valence-corrected chi connectivity index (χ0v) is 16.2. The number of ether oxygens (including phenoxy) is 1. The van der Waals surface area contributed by atoms with Gasteiger partial charge < -0.3 is 4.74 Å². The Hall–Kier alpha value is -2.91. The largest absolute Gasteiger partial charge is 0.465 e. The molecule has 1 aliphatic heterocycles. The van der Waals surface area contributed by atoms with Gasteiger partial charge in [0.1, 0.15) is 0 Å². The van der Waals surface area contributed by atoms with E-state index >= 15 is 0 Å². The number of hydrogen-bond acceptors (Lipinski definition) is 6. The van der Waals surface area contributed by atoms with Gasteiger partial charge in [0, 0.05) is 11.6 Å². The van der Waals surface area contributed by atoms with E-state index in [1.807, 2.05) is 0 Å². The number of sulfonamides is 1. The van der Waals surface area contributed by atoms with Crippen LogP contribution in [0.3, 0.4) is 0 Å². The number of nitrogens with one attached hydrogen (secondary N) is 1. The average Bonchev–Trinajstić information content (AvgIpc) is 2.90. The molecule has 0 radical (unpaired) electrons. The minimum atomic E-state index is -4.00. The Labute approximate surface area is 166 Å². The summed E-state index contributed by atoms with van der Waals surface area (Å²) in [6, 6.07) is 10.3. The van der Waals surface area contributed by atoms with Crippen LogP contribution in [-0.4, -0.2) is 50.5 Å². The molecule has 0 saturated carbocycles. The second-order valence-electron chi connectivity index (χ2n) is 5.91. The molecule has 2 aromatic rings. The van der Waals surface area contributed by atoms with Crippen molar-refractivity contribution < 1.29 is 27.5 Å². The zero-order valence-electron chi connectivity index (χ0n) is 14.6. The van der Waals surface area contributed by atoms with Gasteiger partial charge in [-0.3, -0.25) is 19.2 Å². The molecule has 28 heavy (non-hydrogen) atoms. The van der Waals surface area contributed by atoms with Gasteiger partial charge in [-0.1, -0.05) is 23.7 Å². The molecule has 2 amide bonds. The van der Waals surface area contributed by atoms with Crippen LogP contribution in [0.2, 0.25) is 5.02 Å². The number of esters is 1. The molecule has 10 heteroatoms. The van der Waals surface area contributed by atoms with Crippen LogP contribution in [0.1, 0.15) is 31.1 Å². The fourth-order valence-corrected chi connectivity index (χ4v) is 3.96. The van der Waals surface area contributed by atoms with Crippen LogP contribution >= 0.6 is 11.6 Å². The van der Waals surface area contributed by atoms with Gasteiger partial charge in [0.2, 0.25) is 10.0 Å². The summed E-state index contributed by atoms with van der Waals surface area (Å²) in [6.45, 7) is -0.337. The van der Waals surface area contributed by atoms with Crippen LogP contribution in [0, 0.1) is 0 Å². The Morgan fingerprint density at radius 2 is 1.71 bits per heavy atom. The SMILES string of the molecule is COC(=O)c1ccc(Cl)cc1NS(=O)(=O)CCN1C(=O)c2ccccc2C1=O. The molecule has 0 spiro atoms. The Morgan fingerprint density at radius 3 is 2.29 bits per heavy atom. The highest BCUT2D eigenvalue weighted by molar-refractivity contribution is 7.92. The van der Waals surface area contributed by atoms with Crippen molar-refractivity contribution in [2.75, 3.05) is 24.1 Å². The highest BCUT2D eigenvalue weighted by Crippen LogP contribution is 2.24. The van der Waals surface area contributed by atoms with Gasteiger partial charge in [0.15, 0.2) is 0 Å². The van der Waals surface area contributed by atoms with Crippen molar-refractivity contribution in [1.82, 2.24) is 4.90 Å². The molecule has 0 bridgehead atoms. The summed E-state index contributed by atoms with van der Waals surface area (Å²) >= 11 is 5.88. The molecular weight excluding hydrogens is 408 g/mol. The number of nitrogens with zero attached hydrogens (tertiary/aromatic N) is 1. The molecule has 0 fully saturated rings. The second-order valence-corrected chi connectivity index (χ2v) is 8.19. The minimum Gasteiger partial charge on any atom is -0.465 e. The van der Waals surface area contributed by atoms with E-state index in [-0.39, 0.29) is 33.9 Å². The van der Waals surface area contributed by atoms with E-state index in [9.17, 15) is 22.8 Å². The van der Waals surface area contributed by atoms with Crippen LogP contribution in [-0.2, 0) is 14.8 Å². The van der Waals surface area contributed by atoms with E-state index in [0.717, 1.165) is 12.0 Å². The Morgan fingerprint density at radius 1 is 1.11 bits per heavy atom. The predicted molar refractivity (Wildman–Crippen MR) is 102 cm³/mol. The summed E-state index contributed by atoms with van der Waals surface area (Å²) < 4.78 is 31.8. The molecule has 3 rings (SSSR count). The number of carbonyl (C=O) groups is 3. The Kier molecular flexibility index (Phi) is 5.39.